The largest absolute Gasteiger partial charge is 0.490 e. The molecule has 1 fully saturated rings. The Morgan fingerprint density at radius 3 is 2.86 bits per heavy atom. The fourth-order valence-corrected chi connectivity index (χ4v) is 1.95. The molecule has 2 rings (SSSR count). The van der Waals surface area contributed by atoms with E-state index in [4.69, 9.17) is 9.47 Å². The van der Waals surface area contributed by atoms with E-state index in [1.807, 2.05) is 13.0 Å². The first kappa shape index (κ1) is 9.71. The third-order valence-corrected chi connectivity index (χ3v) is 2.88. The molecule has 3 heteroatoms. The maximum Gasteiger partial charge on any atom is 0.228 e. The van der Waals surface area contributed by atoms with E-state index in [9.17, 15) is 4.79 Å². The molecule has 0 spiro atoms. The van der Waals surface area contributed by atoms with Crippen LogP contribution in [0.25, 0.3) is 0 Å². The van der Waals surface area contributed by atoms with Gasteiger partial charge in [-0.1, -0.05) is 0 Å². The van der Waals surface area contributed by atoms with Crippen LogP contribution in [0.4, 0.5) is 0 Å². The van der Waals surface area contributed by atoms with Gasteiger partial charge in [0.1, 0.15) is 5.60 Å². The van der Waals surface area contributed by atoms with Crippen molar-refractivity contribution < 1.29 is 14.3 Å². The molecule has 0 bridgehead atoms. The molecular weight excluding hydrogens is 180 g/mol. The zero-order valence-electron chi connectivity index (χ0n) is 8.54. The summed E-state index contributed by atoms with van der Waals surface area (Å²) >= 11 is 0. The predicted molar refractivity (Wildman–Crippen MR) is 51.9 cm³/mol. The van der Waals surface area contributed by atoms with E-state index in [2.05, 4.69) is 0 Å². The van der Waals surface area contributed by atoms with E-state index in [-0.39, 0.29) is 5.78 Å². The Balaban J connectivity index is 2.08. The Bertz CT molecular complexity index is 262. The molecule has 14 heavy (non-hydrogen) atoms. The number of rotatable bonds is 2. The van der Waals surface area contributed by atoms with Crippen LogP contribution in [0.5, 0.6) is 0 Å². The third-order valence-electron chi connectivity index (χ3n) is 2.88. The normalized spacial score (nSPS) is 32.2. The zero-order chi connectivity index (χ0) is 10.0. The SMILES string of the molecule is CC1(C(=O)C2=CCCO2)CCCCO1. The second kappa shape index (κ2) is 3.73. The van der Waals surface area contributed by atoms with Crippen molar-refractivity contribution in [3.8, 4) is 0 Å². The molecule has 0 aromatic heterocycles. The van der Waals surface area contributed by atoms with Crippen molar-refractivity contribution in [2.45, 2.75) is 38.2 Å². The summed E-state index contributed by atoms with van der Waals surface area (Å²) in [4.78, 5) is 12.0. The smallest absolute Gasteiger partial charge is 0.228 e. The number of ether oxygens (including phenoxy) is 2. The number of carbonyl (C=O) groups excluding carboxylic acids is 1. The number of Topliss-reactive ketones (excluding diaryl/α,β-unsaturated/α-hetero) is 1. The van der Waals surface area contributed by atoms with Gasteiger partial charge in [0.2, 0.25) is 5.78 Å². The number of carbonyl (C=O) groups is 1. The van der Waals surface area contributed by atoms with Crippen LogP contribution in [0.1, 0.15) is 32.6 Å². The Morgan fingerprint density at radius 2 is 2.29 bits per heavy atom. The molecule has 3 nitrogen and oxygen atoms in total. The quantitative estimate of drug-likeness (QED) is 0.675. The summed E-state index contributed by atoms with van der Waals surface area (Å²) in [5.74, 6) is 0.532. The van der Waals surface area contributed by atoms with Crippen LogP contribution in [0.2, 0.25) is 0 Å². The van der Waals surface area contributed by atoms with Crippen LogP contribution in [0.15, 0.2) is 11.8 Å². The van der Waals surface area contributed by atoms with Crippen LogP contribution in [-0.2, 0) is 14.3 Å². The van der Waals surface area contributed by atoms with Gasteiger partial charge in [-0.2, -0.15) is 0 Å². The number of hydrogen-bond donors (Lipinski definition) is 0. The molecular formula is C11H16O3. The van der Waals surface area contributed by atoms with Gasteiger partial charge < -0.3 is 9.47 Å². The highest BCUT2D eigenvalue weighted by atomic mass is 16.5. The van der Waals surface area contributed by atoms with Crippen LogP contribution in [-0.4, -0.2) is 24.6 Å². The molecule has 0 aromatic carbocycles. The van der Waals surface area contributed by atoms with E-state index in [0.717, 1.165) is 25.7 Å². The molecule has 0 N–H and O–H groups in total. The van der Waals surface area contributed by atoms with Crippen LogP contribution < -0.4 is 0 Å². The summed E-state index contributed by atoms with van der Waals surface area (Å²) in [6.07, 6.45) is 5.65. The molecule has 0 radical (unpaired) electrons. The van der Waals surface area contributed by atoms with Gasteiger partial charge in [-0.25, -0.2) is 0 Å². The average Bonchev–Trinajstić information content (AvgIpc) is 2.70. The molecule has 1 unspecified atom stereocenters. The second-order valence-electron chi connectivity index (χ2n) is 4.07. The Kier molecular flexibility index (Phi) is 2.59. The third kappa shape index (κ3) is 1.69. The van der Waals surface area contributed by atoms with Crippen LogP contribution in [0.3, 0.4) is 0 Å². The van der Waals surface area contributed by atoms with Crippen molar-refractivity contribution >= 4 is 5.78 Å². The van der Waals surface area contributed by atoms with Crippen molar-refractivity contribution in [2.75, 3.05) is 13.2 Å². The van der Waals surface area contributed by atoms with Gasteiger partial charge in [-0.15, -0.1) is 0 Å². The molecule has 2 heterocycles. The lowest BCUT2D eigenvalue weighted by Gasteiger charge is -2.32. The van der Waals surface area contributed by atoms with Crippen molar-refractivity contribution in [3.05, 3.63) is 11.8 Å². The van der Waals surface area contributed by atoms with Crippen molar-refractivity contribution in [1.29, 1.82) is 0 Å². The first-order valence-corrected chi connectivity index (χ1v) is 5.24. The molecule has 0 amide bonds. The minimum absolute atomic E-state index is 0.0229. The lowest BCUT2D eigenvalue weighted by atomic mass is 9.90. The van der Waals surface area contributed by atoms with Crippen molar-refractivity contribution in [2.24, 2.45) is 0 Å². The molecule has 0 saturated carbocycles. The first-order chi connectivity index (χ1) is 6.72. The molecule has 2 aliphatic rings. The van der Waals surface area contributed by atoms with Gasteiger partial charge in [-0.3, -0.25) is 4.79 Å². The maximum atomic E-state index is 12.0. The highest BCUT2D eigenvalue weighted by Crippen LogP contribution is 2.29. The zero-order valence-corrected chi connectivity index (χ0v) is 8.54. The topological polar surface area (TPSA) is 35.5 Å². The summed E-state index contributed by atoms with van der Waals surface area (Å²) in [6.45, 7) is 3.20. The molecule has 78 valence electrons. The highest BCUT2D eigenvalue weighted by molar-refractivity contribution is 6.00. The second-order valence-corrected chi connectivity index (χ2v) is 4.07. The van der Waals surface area contributed by atoms with Crippen LogP contribution >= 0.6 is 0 Å². The Hall–Kier alpha value is -0.830. The fraction of sp³-hybridized carbons (Fsp3) is 0.727. The van der Waals surface area contributed by atoms with Crippen molar-refractivity contribution in [3.63, 3.8) is 0 Å². The van der Waals surface area contributed by atoms with E-state index in [0.29, 0.717) is 19.0 Å². The molecule has 1 saturated heterocycles. The monoisotopic (exact) mass is 196 g/mol. The summed E-state index contributed by atoms with van der Waals surface area (Å²) in [5, 5.41) is 0. The van der Waals surface area contributed by atoms with Crippen LogP contribution in [0, 0.1) is 0 Å². The van der Waals surface area contributed by atoms with Gasteiger partial charge in [0, 0.05) is 13.0 Å². The predicted octanol–water partition coefficient (Wildman–Crippen LogP) is 1.82. The average molecular weight is 196 g/mol. The van der Waals surface area contributed by atoms with Gasteiger partial charge in [-0.05, 0) is 32.3 Å². The molecule has 2 aliphatic heterocycles. The van der Waals surface area contributed by atoms with Gasteiger partial charge in [0.15, 0.2) is 5.76 Å². The van der Waals surface area contributed by atoms with E-state index >= 15 is 0 Å². The van der Waals surface area contributed by atoms with Gasteiger partial charge in [0.25, 0.3) is 0 Å². The Morgan fingerprint density at radius 1 is 1.43 bits per heavy atom. The molecule has 0 aromatic rings. The number of ketones is 1. The summed E-state index contributed by atoms with van der Waals surface area (Å²) in [7, 11) is 0. The minimum Gasteiger partial charge on any atom is -0.490 e. The summed E-state index contributed by atoms with van der Waals surface area (Å²) < 4.78 is 10.8. The lowest BCUT2D eigenvalue weighted by Crippen LogP contribution is -2.42. The molecule has 1 atom stereocenters. The van der Waals surface area contributed by atoms with E-state index < -0.39 is 5.60 Å². The van der Waals surface area contributed by atoms with E-state index in [1.165, 1.54) is 0 Å². The minimum atomic E-state index is -0.631. The first-order valence-electron chi connectivity index (χ1n) is 5.24. The summed E-state index contributed by atoms with van der Waals surface area (Å²) in [6, 6.07) is 0. The standard InChI is InChI=1S/C11H16O3/c1-11(6-2-3-8-14-11)10(12)9-5-4-7-13-9/h5H,2-4,6-8H2,1H3. The van der Waals surface area contributed by atoms with Gasteiger partial charge >= 0.3 is 0 Å². The van der Waals surface area contributed by atoms with Gasteiger partial charge in [0.05, 0.1) is 6.61 Å². The Labute approximate surface area is 84.1 Å². The van der Waals surface area contributed by atoms with Crippen molar-refractivity contribution in [1.82, 2.24) is 0 Å². The van der Waals surface area contributed by atoms with E-state index in [1.54, 1.807) is 0 Å². The fourth-order valence-electron chi connectivity index (χ4n) is 1.95. The molecule has 0 aliphatic carbocycles. The lowest BCUT2D eigenvalue weighted by molar-refractivity contribution is -0.147. The highest BCUT2D eigenvalue weighted by Gasteiger charge is 2.39. The summed E-state index contributed by atoms with van der Waals surface area (Å²) in [5.41, 5.74) is -0.631. The maximum absolute atomic E-state index is 12.0. The number of hydrogen-bond acceptors (Lipinski definition) is 3.